The summed E-state index contributed by atoms with van der Waals surface area (Å²) in [6.45, 7) is 6.85. The van der Waals surface area contributed by atoms with Crippen molar-refractivity contribution in [3.8, 4) is 11.5 Å². The molecular weight excluding hydrogens is 432 g/mol. The summed E-state index contributed by atoms with van der Waals surface area (Å²) in [5.41, 5.74) is 1.14. The van der Waals surface area contributed by atoms with Crippen LogP contribution in [0.1, 0.15) is 31.0 Å². The van der Waals surface area contributed by atoms with E-state index in [4.69, 9.17) is 21.1 Å². The molecule has 7 nitrogen and oxygen atoms in total. The topological polar surface area (TPSA) is 79.3 Å². The van der Waals surface area contributed by atoms with Crippen LogP contribution in [-0.2, 0) is 9.59 Å². The van der Waals surface area contributed by atoms with Gasteiger partial charge in [-0.05, 0) is 49.0 Å². The van der Waals surface area contributed by atoms with Crippen molar-refractivity contribution < 1.29 is 24.2 Å². The summed E-state index contributed by atoms with van der Waals surface area (Å²) in [5.74, 6) is -0.533. The quantitative estimate of drug-likeness (QED) is 0.387. The summed E-state index contributed by atoms with van der Waals surface area (Å²) in [7, 11) is 0. The second-order valence-corrected chi connectivity index (χ2v) is 8.08. The molecule has 168 valence electrons. The van der Waals surface area contributed by atoms with E-state index in [-0.39, 0.29) is 18.1 Å². The molecule has 1 unspecified atom stereocenters. The number of amides is 1. The lowest BCUT2D eigenvalue weighted by Crippen LogP contribution is -2.38. The summed E-state index contributed by atoms with van der Waals surface area (Å²) in [4.78, 5) is 29.8. The molecule has 0 radical (unpaired) electrons. The van der Waals surface area contributed by atoms with E-state index in [1.807, 2.05) is 13.8 Å². The third-order valence-electron chi connectivity index (χ3n) is 5.92. The molecule has 0 bridgehead atoms. The Labute approximate surface area is 191 Å². The molecule has 2 aliphatic heterocycles. The molecule has 1 N–H and O–H groups in total. The number of aliphatic hydroxyl groups excluding tert-OH is 1. The summed E-state index contributed by atoms with van der Waals surface area (Å²) in [5, 5.41) is 11.7. The van der Waals surface area contributed by atoms with Gasteiger partial charge in [-0.15, -0.1) is 0 Å². The zero-order chi connectivity index (χ0) is 22.8. The molecule has 32 heavy (non-hydrogen) atoms. The van der Waals surface area contributed by atoms with Gasteiger partial charge in [-0.3, -0.25) is 9.59 Å². The number of fused-ring (bicyclic) bond motifs is 1. The Balaban J connectivity index is 1.78. The number of Topliss-reactive ketones (excluding diaryl/α,β-unsaturated/α-hetero) is 1. The van der Waals surface area contributed by atoms with E-state index in [9.17, 15) is 14.7 Å². The van der Waals surface area contributed by atoms with Crippen LogP contribution in [0.4, 0.5) is 0 Å². The van der Waals surface area contributed by atoms with E-state index in [0.717, 1.165) is 13.1 Å². The minimum Gasteiger partial charge on any atom is -0.507 e. The van der Waals surface area contributed by atoms with E-state index in [1.54, 1.807) is 42.5 Å². The number of nitrogens with zero attached hydrogens (tertiary/aromatic N) is 2. The maximum Gasteiger partial charge on any atom is 0.295 e. The smallest absolute Gasteiger partial charge is 0.295 e. The highest BCUT2D eigenvalue weighted by molar-refractivity contribution is 6.46. The summed E-state index contributed by atoms with van der Waals surface area (Å²) in [6.07, 6.45) is 0. The Morgan fingerprint density at radius 1 is 1.09 bits per heavy atom. The third kappa shape index (κ3) is 4.06. The monoisotopic (exact) mass is 456 g/mol. The van der Waals surface area contributed by atoms with Crippen LogP contribution in [0.15, 0.2) is 48.0 Å². The van der Waals surface area contributed by atoms with E-state index in [1.165, 1.54) is 4.90 Å². The van der Waals surface area contributed by atoms with Crippen LogP contribution in [0, 0.1) is 0 Å². The predicted molar refractivity (Wildman–Crippen MR) is 121 cm³/mol. The second-order valence-electron chi connectivity index (χ2n) is 7.64. The highest BCUT2D eigenvalue weighted by atomic mass is 35.5. The van der Waals surface area contributed by atoms with Crippen LogP contribution < -0.4 is 9.47 Å². The van der Waals surface area contributed by atoms with Gasteiger partial charge in [-0.1, -0.05) is 37.6 Å². The Bertz CT molecular complexity index is 1060. The number of ketones is 1. The lowest BCUT2D eigenvalue weighted by molar-refractivity contribution is -0.140. The fourth-order valence-electron chi connectivity index (χ4n) is 4.09. The van der Waals surface area contributed by atoms with Crippen molar-refractivity contribution in [2.24, 2.45) is 0 Å². The van der Waals surface area contributed by atoms with Gasteiger partial charge in [0, 0.05) is 23.7 Å². The number of ether oxygens (including phenoxy) is 2. The van der Waals surface area contributed by atoms with Gasteiger partial charge in [0.25, 0.3) is 11.7 Å². The van der Waals surface area contributed by atoms with Gasteiger partial charge in [0.1, 0.15) is 5.76 Å². The first kappa shape index (κ1) is 22.2. The lowest BCUT2D eigenvalue weighted by atomic mass is 9.95. The van der Waals surface area contributed by atoms with Crippen molar-refractivity contribution in [1.82, 2.24) is 9.80 Å². The molecule has 0 spiro atoms. The first-order valence-corrected chi connectivity index (χ1v) is 11.0. The van der Waals surface area contributed by atoms with Crippen molar-refractivity contribution in [1.29, 1.82) is 0 Å². The van der Waals surface area contributed by atoms with Crippen LogP contribution in [-0.4, -0.2) is 59.6 Å². The molecule has 2 aromatic rings. The molecule has 1 amide bonds. The van der Waals surface area contributed by atoms with Gasteiger partial charge in [-0.25, -0.2) is 0 Å². The molecular formula is C24H25ClN2O5. The molecule has 0 saturated carbocycles. The number of hydrogen-bond acceptors (Lipinski definition) is 6. The minimum atomic E-state index is -0.715. The van der Waals surface area contributed by atoms with Crippen molar-refractivity contribution in [3.63, 3.8) is 0 Å². The number of carbonyl (C=O) groups excluding carboxylic acids is 2. The molecule has 0 aliphatic carbocycles. The average Bonchev–Trinajstić information content (AvgIpc) is 3.37. The highest BCUT2D eigenvalue weighted by Crippen LogP contribution is 2.41. The standard InChI is InChI=1S/C24H25ClN2O5/c1-3-26(4-2)11-12-27-21(15-5-8-17(25)9-6-15)20(23(29)24(27)30)22(28)16-7-10-18-19(13-16)32-14-31-18/h5-10,13,21,28H,3-4,11-12,14H2,1-2H3. The number of carbonyl (C=O) groups is 2. The Kier molecular flexibility index (Phi) is 6.39. The van der Waals surface area contributed by atoms with Crippen molar-refractivity contribution in [2.45, 2.75) is 19.9 Å². The van der Waals surface area contributed by atoms with Gasteiger partial charge in [0.2, 0.25) is 6.79 Å². The zero-order valence-corrected chi connectivity index (χ0v) is 18.8. The second kappa shape index (κ2) is 9.22. The van der Waals surface area contributed by atoms with E-state index < -0.39 is 17.7 Å². The van der Waals surface area contributed by atoms with Gasteiger partial charge in [0.05, 0.1) is 11.6 Å². The highest BCUT2D eigenvalue weighted by Gasteiger charge is 2.46. The number of likely N-dealkylation sites (N-methyl/N-ethyl adjacent to an activating group) is 1. The van der Waals surface area contributed by atoms with Gasteiger partial charge < -0.3 is 24.4 Å². The molecule has 2 aromatic carbocycles. The third-order valence-corrected chi connectivity index (χ3v) is 6.18. The largest absolute Gasteiger partial charge is 0.507 e. The SMILES string of the molecule is CCN(CC)CCN1C(=O)C(=O)C(=C(O)c2ccc3c(c2)OCO3)C1c1ccc(Cl)cc1. The Hall–Kier alpha value is -3.03. The molecule has 8 heteroatoms. The first-order valence-electron chi connectivity index (χ1n) is 10.6. The fraction of sp³-hybridized carbons (Fsp3) is 0.333. The lowest BCUT2D eigenvalue weighted by Gasteiger charge is -2.28. The number of likely N-dealkylation sites (tertiary alicyclic amines) is 1. The first-order chi connectivity index (χ1) is 15.4. The predicted octanol–water partition coefficient (Wildman–Crippen LogP) is 3.83. The van der Waals surface area contributed by atoms with E-state index in [0.29, 0.717) is 40.7 Å². The fourth-order valence-corrected chi connectivity index (χ4v) is 4.22. The van der Waals surface area contributed by atoms with Crippen LogP contribution in [0.25, 0.3) is 5.76 Å². The molecule has 1 fully saturated rings. The van der Waals surface area contributed by atoms with Crippen molar-refractivity contribution in [2.75, 3.05) is 33.0 Å². The number of benzene rings is 2. The maximum atomic E-state index is 13.1. The van der Waals surface area contributed by atoms with Crippen molar-refractivity contribution >= 4 is 29.1 Å². The van der Waals surface area contributed by atoms with Gasteiger partial charge in [0.15, 0.2) is 11.5 Å². The Morgan fingerprint density at radius 2 is 1.78 bits per heavy atom. The van der Waals surface area contributed by atoms with Gasteiger partial charge >= 0.3 is 0 Å². The molecule has 2 heterocycles. The van der Waals surface area contributed by atoms with Crippen LogP contribution in [0.2, 0.25) is 5.02 Å². The zero-order valence-electron chi connectivity index (χ0n) is 18.0. The maximum absolute atomic E-state index is 13.1. The summed E-state index contributed by atoms with van der Waals surface area (Å²) >= 11 is 6.06. The molecule has 1 saturated heterocycles. The molecule has 1 atom stereocenters. The summed E-state index contributed by atoms with van der Waals surface area (Å²) in [6, 6.07) is 11.2. The number of halogens is 1. The number of hydrogen-bond donors (Lipinski definition) is 1. The van der Waals surface area contributed by atoms with Crippen molar-refractivity contribution in [3.05, 3.63) is 64.2 Å². The van der Waals surface area contributed by atoms with Gasteiger partial charge in [-0.2, -0.15) is 0 Å². The molecule has 0 aromatic heterocycles. The van der Waals surface area contributed by atoms with Crippen LogP contribution in [0.3, 0.4) is 0 Å². The molecule has 2 aliphatic rings. The van der Waals surface area contributed by atoms with Crippen LogP contribution >= 0.6 is 11.6 Å². The van der Waals surface area contributed by atoms with E-state index in [2.05, 4.69) is 4.90 Å². The summed E-state index contributed by atoms with van der Waals surface area (Å²) < 4.78 is 10.7. The van der Waals surface area contributed by atoms with Crippen LogP contribution in [0.5, 0.6) is 11.5 Å². The van der Waals surface area contributed by atoms with E-state index >= 15 is 0 Å². The Morgan fingerprint density at radius 3 is 2.47 bits per heavy atom. The molecule has 4 rings (SSSR count). The number of aliphatic hydroxyl groups is 1. The number of rotatable bonds is 7. The average molecular weight is 457 g/mol. The minimum absolute atomic E-state index is 0.0516. The normalized spacial score (nSPS) is 19.2.